The molecule has 5 nitrogen and oxygen atoms in total. The molecular formula is C9H9N5S. The van der Waals surface area contributed by atoms with Crippen LogP contribution >= 0.6 is 11.3 Å². The molecule has 0 aromatic carbocycles. The van der Waals surface area contributed by atoms with Gasteiger partial charge >= 0.3 is 0 Å². The second kappa shape index (κ2) is 2.83. The molecule has 3 aromatic rings. The van der Waals surface area contributed by atoms with E-state index in [1.54, 1.807) is 11.3 Å². The number of hydrogen-bond acceptors (Lipinski definition) is 4. The lowest BCUT2D eigenvalue weighted by Crippen LogP contribution is -1.86. The summed E-state index contributed by atoms with van der Waals surface area (Å²) in [5.74, 6) is 0.495. The Morgan fingerprint density at radius 1 is 1.53 bits per heavy atom. The van der Waals surface area contributed by atoms with E-state index in [9.17, 15) is 0 Å². The predicted octanol–water partition coefficient (Wildman–Crippen LogP) is 1.68. The number of nitrogens with two attached hydrogens (primary N) is 1. The average Bonchev–Trinajstić information content (AvgIpc) is 2.81. The summed E-state index contributed by atoms with van der Waals surface area (Å²) >= 11 is 1.61. The number of aromatic nitrogens is 4. The van der Waals surface area contributed by atoms with Crippen molar-refractivity contribution in [3.8, 4) is 11.4 Å². The van der Waals surface area contributed by atoms with Gasteiger partial charge in [0.2, 0.25) is 0 Å². The van der Waals surface area contributed by atoms with E-state index in [4.69, 9.17) is 5.73 Å². The van der Waals surface area contributed by atoms with Crippen LogP contribution in [0.5, 0.6) is 0 Å². The van der Waals surface area contributed by atoms with E-state index in [0.29, 0.717) is 5.82 Å². The number of fused-ring (bicyclic) bond motifs is 1. The highest BCUT2D eigenvalue weighted by atomic mass is 32.1. The summed E-state index contributed by atoms with van der Waals surface area (Å²) in [4.78, 5) is 5.43. The number of nitrogens with zero attached hydrogens (tertiary/aromatic N) is 3. The number of aromatic amines is 1. The van der Waals surface area contributed by atoms with Crippen molar-refractivity contribution in [1.82, 2.24) is 19.6 Å². The standard InChI is InChI=1S/C9H9N5S/c1-5-8(6-4-7(10)13-12-6)14-2-3-15-9(14)11-5/h2-4H,1H3,(H3,10,12,13). The fraction of sp³-hybridized carbons (Fsp3) is 0.111. The number of rotatable bonds is 1. The Labute approximate surface area is 89.6 Å². The van der Waals surface area contributed by atoms with Gasteiger partial charge in [-0.15, -0.1) is 11.3 Å². The van der Waals surface area contributed by atoms with Gasteiger partial charge in [-0.25, -0.2) is 4.98 Å². The minimum absolute atomic E-state index is 0.495. The van der Waals surface area contributed by atoms with Crippen LogP contribution in [0.4, 0.5) is 5.82 Å². The summed E-state index contributed by atoms with van der Waals surface area (Å²) in [5, 5.41) is 8.82. The minimum atomic E-state index is 0.495. The van der Waals surface area contributed by atoms with Crippen molar-refractivity contribution in [1.29, 1.82) is 0 Å². The van der Waals surface area contributed by atoms with Gasteiger partial charge in [-0.2, -0.15) is 5.10 Å². The van der Waals surface area contributed by atoms with Crippen LogP contribution in [0.1, 0.15) is 5.69 Å². The average molecular weight is 219 g/mol. The van der Waals surface area contributed by atoms with Crippen LogP contribution in [-0.2, 0) is 0 Å². The maximum atomic E-state index is 5.58. The fourth-order valence-electron chi connectivity index (χ4n) is 1.68. The first-order valence-electron chi connectivity index (χ1n) is 4.49. The van der Waals surface area contributed by atoms with Crippen molar-refractivity contribution in [2.75, 3.05) is 5.73 Å². The number of nitrogens with one attached hydrogen (secondary N) is 1. The van der Waals surface area contributed by atoms with Crippen molar-refractivity contribution in [2.24, 2.45) is 0 Å². The van der Waals surface area contributed by atoms with Crippen molar-refractivity contribution < 1.29 is 0 Å². The number of nitrogen functional groups attached to an aromatic ring is 1. The first kappa shape index (κ1) is 8.49. The lowest BCUT2D eigenvalue weighted by Gasteiger charge is -1.95. The molecule has 76 valence electrons. The molecule has 0 unspecified atom stereocenters. The molecule has 3 aromatic heterocycles. The van der Waals surface area contributed by atoms with Crippen LogP contribution < -0.4 is 5.73 Å². The molecule has 6 heteroatoms. The van der Waals surface area contributed by atoms with Gasteiger partial charge in [-0.3, -0.25) is 9.50 Å². The third kappa shape index (κ3) is 1.15. The summed E-state index contributed by atoms with van der Waals surface area (Å²) in [6.07, 6.45) is 1.99. The zero-order valence-corrected chi connectivity index (χ0v) is 8.88. The number of aryl methyl sites for hydroxylation is 1. The molecule has 15 heavy (non-hydrogen) atoms. The van der Waals surface area contributed by atoms with E-state index in [-0.39, 0.29) is 0 Å². The van der Waals surface area contributed by atoms with Crippen LogP contribution in [0.3, 0.4) is 0 Å². The summed E-state index contributed by atoms with van der Waals surface area (Å²) < 4.78 is 2.03. The van der Waals surface area contributed by atoms with Crippen LogP contribution in [0, 0.1) is 6.92 Å². The normalized spacial score (nSPS) is 11.3. The fourth-order valence-corrected chi connectivity index (χ4v) is 2.44. The monoisotopic (exact) mass is 219 g/mol. The lowest BCUT2D eigenvalue weighted by atomic mass is 10.2. The SMILES string of the molecule is Cc1nc2sccn2c1-c1cc(N)n[nH]1. The van der Waals surface area contributed by atoms with Crippen LogP contribution in [-0.4, -0.2) is 19.6 Å². The molecule has 0 amide bonds. The summed E-state index contributed by atoms with van der Waals surface area (Å²) in [7, 11) is 0. The van der Waals surface area contributed by atoms with Crippen LogP contribution in [0.25, 0.3) is 16.3 Å². The maximum Gasteiger partial charge on any atom is 0.194 e. The van der Waals surface area contributed by atoms with Crippen LogP contribution in [0.15, 0.2) is 17.6 Å². The Morgan fingerprint density at radius 2 is 2.40 bits per heavy atom. The largest absolute Gasteiger partial charge is 0.382 e. The predicted molar refractivity (Wildman–Crippen MR) is 59.8 cm³/mol. The Kier molecular flexibility index (Phi) is 1.60. The molecule has 0 spiro atoms. The van der Waals surface area contributed by atoms with Gasteiger partial charge in [0.1, 0.15) is 5.82 Å². The molecule has 0 atom stereocenters. The summed E-state index contributed by atoms with van der Waals surface area (Å²) in [6, 6.07) is 1.81. The second-order valence-electron chi connectivity index (χ2n) is 3.31. The number of hydrogen-bond donors (Lipinski definition) is 2. The van der Waals surface area contributed by atoms with Gasteiger partial charge in [0.25, 0.3) is 0 Å². The molecule has 3 N–H and O–H groups in total. The first-order valence-corrected chi connectivity index (χ1v) is 5.37. The molecule has 0 bridgehead atoms. The first-order chi connectivity index (χ1) is 7.25. The Balaban J connectivity index is 2.33. The van der Waals surface area contributed by atoms with Gasteiger partial charge in [0, 0.05) is 17.6 Å². The zero-order chi connectivity index (χ0) is 10.4. The van der Waals surface area contributed by atoms with Gasteiger partial charge in [-0.05, 0) is 6.92 Å². The van der Waals surface area contributed by atoms with Gasteiger partial charge in [0.05, 0.1) is 17.1 Å². The molecule has 3 rings (SSSR count). The number of imidazole rings is 1. The van der Waals surface area contributed by atoms with E-state index in [0.717, 1.165) is 22.0 Å². The van der Waals surface area contributed by atoms with E-state index in [1.807, 2.05) is 29.0 Å². The zero-order valence-electron chi connectivity index (χ0n) is 8.06. The summed E-state index contributed by atoms with van der Waals surface area (Å²) in [5.41, 5.74) is 8.48. The molecule has 0 aliphatic heterocycles. The van der Waals surface area contributed by atoms with E-state index in [2.05, 4.69) is 15.2 Å². The Bertz CT molecular complexity index is 617. The summed E-state index contributed by atoms with van der Waals surface area (Å²) in [6.45, 7) is 1.98. The minimum Gasteiger partial charge on any atom is -0.382 e. The Hall–Kier alpha value is -1.82. The molecule has 0 aliphatic rings. The Morgan fingerprint density at radius 3 is 3.13 bits per heavy atom. The van der Waals surface area contributed by atoms with E-state index >= 15 is 0 Å². The van der Waals surface area contributed by atoms with E-state index < -0.39 is 0 Å². The number of H-pyrrole nitrogens is 1. The quantitative estimate of drug-likeness (QED) is 0.654. The third-order valence-electron chi connectivity index (χ3n) is 2.29. The highest BCUT2D eigenvalue weighted by Crippen LogP contribution is 2.26. The lowest BCUT2D eigenvalue weighted by molar-refractivity contribution is 1.08. The molecule has 3 heterocycles. The van der Waals surface area contributed by atoms with Crippen molar-refractivity contribution in [3.05, 3.63) is 23.3 Å². The molecule has 0 radical (unpaired) electrons. The highest BCUT2D eigenvalue weighted by molar-refractivity contribution is 7.15. The van der Waals surface area contributed by atoms with Gasteiger partial charge in [0.15, 0.2) is 4.96 Å². The molecule has 0 fully saturated rings. The van der Waals surface area contributed by atoms with Gasteiger partial charge < -0.3 is 5.73 Å². The van der Waals surface area contributed by atoms with Crippen molar-refractivity contribution >= 4 is 22.1 Å². The van der Waals surface area contributed by atoms with E-state index in [1.165, 1.54) is 0 Å². The molecular weight excluding hydrogens is 210 g/mol. The van der Waals surface area contributed by atoms with Crippen molar-refractivity contribution in [2.45, 2.75) is 6.92 Å². The number of thiazole rings is 1. The maximum absolute atomic E-state index is 5.58. The molecule has 0 saturated carbocycles. The third-order valence-corrected chi connectivity index (χ3v) is 3.05. The second-order valence-corrected chi connectivity index (χ2v) is 4.18. The number of anilines is 1. The molecule has 0 aliphatic carbocycles. The van der Waals surface area contributed by atoms with Crippen LogP contribution in [0.2, 0.25) is 0 Å². The topological polar surface area (TPSA) is 72.0 Å². The molecule has 0 saturated heterocycles. The van der Waals surface area contributed by atoms with Crippen molar-refractivity contribution in [3.63, 3.8) is 0 Å². The highest BCUT2D eigenvalue weighted by Gasteiger charge is 2.13. The smallest absolute Gasteiger partial charge is 0.194 e. The van der Waals surface area contributed by atoms with Gasteiger partial charge in [-0.1, -0.05) is 0 Å².